The second-order valence-electron chi connectivity index (χ2n) is 9.93. The Balaban J connectivity index is 1.58. The molecule has 1 saturated carbocycles. The van der Waals surface area contributed by atoms with Crippen LogP contribution in [0.25, 0.3) is 33.3 Å². The van der Waals surface area contributed by atoms with Crippen molar-refractivity contribution in [2.75, 3.05) is 7.11 Å². The third-order valence-corrected chi connectivity index (χ3v) is 6.89. The van der Waals surface area contributed by atoms with Crippen LogP contribution in [0.2, 0.25) is 0 Å². The maximum absolute atomic E-state index is 13.4. The predicted molar refractivity (Wildman–Crippen MR) is 138 cm³/mol. The molecule has 2 N–H and O–H groups in total. The standard InChI is InChI=1S/C27H21F7N6O4/c1-39-23(13-5-17(43-2)22(18(6-13)44-25(28)29)24(42)37-19-7-26(19,30)31)21-14(8-35)3-12(4-16(21)38-39)15-9-36-40(10-15)11-20(41)27(32,33)34/h3-6,9-10,19-20,25,41H,7,11H2,1-2H3,(H,37,42)/t19-,20+/m1/s1. The Morgan fingerprint density at radius 2 is 1.89 bits per heavy atom. The quantitative estimate of drug-likeness (QED) is 0.259. The summed E-state index contributed by atoms with van der Waals surface area (Å²) in [4.78, 5) is 12.8. The number of carbonyl (C=O) groups is 1. The van der Waals surface area contributed by atoms with Gasteiger partial charge in [0.15, 0.2) is 6.10 Å². The number of carbonyl (C=O) groups excluding carboxylic acids is 1. The molecule has 0 aliphatic heterocycles. The van der Waals surface area contributed by atoms with Gasteiger partial charge in [-0.1, -0.05) is 0 Å². The lowest BCUT2D eigenvalue weighted by Gasteiger charge is -2.17. The van der Waals surface area contributed by atoms with Crippen molar-refractivity contribution in [1.29, 1.82) is 5.26 Å². The Hall–Kier alpha value is -4.85. The molecule has 0 unspecified atom stereocenters. The van der Waals surface area contributed by atoms with E-state index in [2.05, 4.69) is 20.3 Å². The number of ether oxygens (including phenoxy) is 2. The van der Waals surface area contributed by atoms with Crippen molar-refractivity contribution in [3.8, 4) is 40.0 Å². The van der Waals surface area contributed by atoms with Gasteiger partial charge in [0.1, 0.15) is 17.1 Å². The summed E-state index contributed by atoms with van der Waals surface area (Å²) in [5, 5.41) is 29.9. The number of rotatable bonds is 9. The second kappa shape index (κ2) is 11.0. The Labute approximate surface area is 243 Å². The van der Waals surface area contributed by atoms with Gasteiger partial charge in [0, 0.05) is 36.2 Å². The Morgan fingerprint density at radius 3 is 2.48 bits per heavy atom. The van der Waals surface area contributed by atoms with Crippen LogP contribution in [0.15, 0.2) is 36.7 Å². The molecule has 17 heteroatoms. The van der Waals surface area contributed by atoms with Crippen molar-refractivity contribution in [2.45, 2.75) is 43.8 Å². The molecule has 1 aliphatic carbocycles. The summed E-state index contributed by atoms with van der Waals surface area (Å²) in [7, 11) is 2.62. The molecule has 5 rings (SSSR count). The van der Waals surface area contributed by atoms with E-state index in [-0.39, 0.29) is 33.5 Å². The third kappa shape index (κ3) is 5.84. The van der Waals surface area contributed by atoms with E-state index in [1.54, 1.807) is 0 Å². The van der Waals surface area contributed by atoms with Gasteiger partial charge < -0.3 is 19.9 Å². The first kappa shape index (κ1) is 30.6. The predicted octanol–water partition coefficient (Wildman–Crippen LogP) is 4.65. The number of hydrogen-bond acceptors (Lipinski definition) is 7. The van der Waals surface area contributed by atoms with E-state index in [1.165, 1.54) is 42.3 Å². The molecule has 44 heavy (non-hydrogen) atoms. The summed E-state index contributed by atoms with van der Waals surface area (Å²) in [5.74, 6) is -5.20. The highest BCUT2D eigenvalue weighted by atomic mass is 19.4. The lowest BCUT2D eigenvalue weighted by atomic mass is 9.97. The highest BCUT2D eigenvalue weighted by Gasteiger charge is 2.58. The maximum atomic E-state index is 13.4. The minimum absolute atomic E-state index is 0.0387. The van der Waals surface area contributed by atoms with Gasteiger partial charge in [-0.15, -0.1) is 0 Å². The molecule has 1 fully saturated rings. The van der Waals surface area contributed by atoms with Crippen molar-refractivity contribution < 1.29 is 50.1 Å². The summed E-state index contributed by atoms with van der Waals surface area (Å²) in [6, 6.07) is 5.82. The van der Waals surface area contributed by atoms with Gasteiger partial charge in [-0.2, -0.15) is 37.4 Å². The Kier molecular flexibility index (Phi) is 7.66. The number of nitrogens with zero attached hydrogens (tertiary/aromatic N) is 5. The molecular weight excluding hydrogens is 605 g/mol. The number of aryl methyl sites for hydroxylation is 1. The smallest absolute Gasteiger partial charge is 0.416 e. The van der Waals surface area contributed by atoms with Crippen molar-refractivity contribution in [3.63, 3.8) is 0 Å². The zero-order chi connectivity index (χ0) is 32.1. The second-order valence-corrected chi connectivity index (χ2v) is 9.93. The summed E-state index contributed by atoms with van der Waals surface area (Å²) in [6.07, 6.45) is -5.61. The van der Waals surface area contributed by atoms with Gasteiger partial charge in [0.05, 0.1) is 48.7 Å². The fourth-order valence-electron chi connectivity index (χ4n) is 4.71. The first-order valence-electron chi connectivity index (χ1n) is 12.7. The van der Waals surface area contributed by atoms with Crippen LogP contribution < -0.4 is 14.8 Å². The minimum atomic E-state index is -4.85. The molecule has 4 aromatic rings. The number of hydrogen-bond donors (Lipinski definition) is 2. The van der Waals surface area contributed by atoms with Crippen LogP contribution in [-0.4, -0.2) is 68.5 Å². The molecule has 0 saturated heterocycles. The highest BCUT2D eigenvalue weighted by molar-refractivity contribution is 6.03. The van der Waals surface area contributed by atoms with E-state index >= 15 is 0 Å². The number of halogens is 7. The third-order valence-electron chi connectivity index (χ3n) is 6.89. The first-order chi connectivity index (χ1) is 20.6. The summed E-state index contributed by atoms with van der Waals surface area (Å²) < 4.78 is 104. The number of fused-ring (bicyclic) bond motifs is 1. The molecule has 10 nitrogen and oxygen atoms in total. The van der Waals surface area contributed by atoms with E-state index in [1.807, 2.05) is 6.07 Å². The zero-order valence-corrected chi connectivity index (χ0v) is 22.7. The number of benzene rings is 2. The SMILES string of the molecule is COc1cc(-c2c3c(C#N)cc(-c4cnn(C[C@H](O)C(F)(F)F)c4)cc3nn2C)cc(OC(F)F)c1C(=O)N[C@@H]1CC1(F)F. The van der Waals surface area contributed by atoms with Crippen molar-refractivity contribution >= 4 is 16.8 Å². The van der Waals surface area contributed by atoms with Crippen LogP contribution in [0.5, 0.6) is 11.5 Å². The largest absolute Gasteiger partial charge is 0.496 e. The van der Waals surface area contributed by atoms with Crippen LogP contribution in [-0.2, 0) is 13.6 Å². The number of methoxy groups -OCH3 is 1. The molecule has 0 spiro atoms. The molecule has 2 aromatic heterocycles. The van der Waals surface area contributed by atoms with Crippen LogP contribution >= 0.6 is 0 Å². The normalized spacial score (nSPS) is 16.5. The molecule has 1 aliphatic rings. The number of amides is 1. The van der Waals surface area contributed by atoms with Crippen LogP contribution in [0, 0.1) is 11.3 Å². The number of aliphatic hydroxyl groups is 1. The molecule has 0 radical (unpaired) electrons. The highest BCUT2D eigenvalue weighted by Crippen LogP contribution is 2.44. The van der Waals surface area contributed by atoms with Gasteiger partial charge in [-0.25, -0.2) is 8.78 Å². The summed E-state index contributed by atoms with van der Waals surface area (Å²) in [5.41, 5.74) is 0.732. The van der Waals surface area contributed by atoms with Crippen LogP contribution in [0.4, 0.5) is 30.7 Å². The molecular formula is C27H21F7N6O4. The molecule has 232 valence electrons. The molecule has 2 aromatic carbocycles. The van der Waals surface area contributed by atoms with E-state index in [0.717, 1.165) is 17.9 Å². The van der Waals surface area contributed by atoms with Gasteiger partial charge in [-0.05, 0) is 29.8 Å². The van der Waals surface area contributed by atoms with Crippen molar-refractivity contribution in [2.24, 2.45) is 7.05 Å². The van der Waals surface area contributed by atoms with Crippen LogP contribution in [0.3, 0.4) is 0 Å². The number of aromatic nitrogens is 4. The average molecular weight is 626 g/mol. The fraction of sp³-hybridized carbons (Fsp3) is 0.333. The van der Waals surface area contributed by atoms with E-state index < -0.39 is 61.0 Å². The van der Waals surface area contributed by atoms with Crippen molar-refractivity contribution in [3.05, 3.63) is 47.8 Å². The Morgan fingerprint density at radius 1 is 1.20 bits per heavy atom. The molecule has 1 amide bonds. The van der Waals surface area contributed by atoms with E-state index in [0.29, 0.717) is 11.1 Å². The summed E-state index contributed by atoms with van der Waals surface area (Å²) >= 11 is 0. The van der Waals surface area contributed by atoms with Crippen molar-refractivity contribution in [1.82, 2.24) is 24.9 Å². The van der Waals surface area contributed by atoms with E-state index in [9.17, 15) is 45.9 Å². The topological polar surface area (TPSA) is 127 Å². The molecule has 2 atom stereocenters. The minimum Gasteiger partial charge on any atom is -0.496 e. The number of aliphatic hydroxyl groups excluding tert-OH is 1. The fourth-order valence-corrected chi connectivity index (χ4v) is 4.71. The monoisotopic (exact) mass is 626 g/mol. The van der Waals surface area contributed by atoms with Gasteiger partial charge in [0.25, 0.3) is 11.8 Å². The lowest BCUT2D eigenvalue weighted by molar-refractivity contribution is -0.208. The average Bonchev–Trinajstić information content (AvgIpc) is 3.24. The molecule has 2 heterocycles. The maximum Gasteiger partial charge on any atom is 0.416 e. The Bertz CT molecular complexity index is 1790. The molecule has 0 bridgehead atoms. The number of nitriles is 1. The number of alkyl halides is 7. The number of nitrogens with one attached hydrogen (secondary N) is 1. The van der Waals surface area contributed by atoms with E-state index in [4.69, 9.17) is 4.74 Å². The van der Waals surface area contributed by atoms with Gasteiger partial charge in [-0.3, -0.25) is 14.2 Å². The lowest BCUT2D eigenvalue weighted by Crippen LogP contribution is -2.32. The van der Waals surface area contributed by atoms with Gasteiger partial charge in [0.2, 0.25) is 0 Å². The van der Waals surface area contributed by atoms with Crippen LogP contribution in [0.1, 0.15) is 22.3 Å². The van der Waals surface area contributed by atoms with Gasteiger partial charge >= 0.3 is 12.8 Å². The first-order valence-corrected chi connectivity index (χ1v) is 12.7. The zero-order valence-electron chi connectivity index (χ0n) is 22.7. The summed E-state index contributed by atoms with van der Waals surface area (Å²) in [6.45, 7) is -4.26.